The molecular weight excluding hydrogens is 224 g/mol. The fourth-order valence-electron chi connectivity index (χ4n) is 3.10. The maximum atomic E-state index is 5.73. The fraction of sp³-hybridized carbons (Fsp3) is 0.625. The lowest BCUT2D eigenvalue weighted by molar-refractivity contribution is 0.169. The summed E-state index contributed by atoms with van der Waals surface area (Å²) in [6, 6.07) is 4.43. The van der Waals surface area contributed by atoms with Gasteiger partial charge in [-0.2, -0.15) is 0 Å². The smallest absolute Gasteiger partial charge is 0.161 e. The van der Waals surface area contributed by atoms with Gasteiger partial charge in [-0.15, -0.1) is 0 Å². The van der Waals surface area contributed by atoms with E-state index in [-0.39, 0.29) is 10.8 Å². The molecule has 1 aliphatic heterocycles. The van der Waals surface area contributed by atoms with Gasteiger partial charge >= 0.3 is 0 Å². The molecule has 98 valence electrons. The maximum Gasteiger partial charge on any atom is 0.161 e. The lowest BCUT2D eigenvalue weighted by atomic mass is 9.63. The van der Waals surface area contributed by atoms with Crippen LogP contribution >= 0.6 is 0 Å². The summed E-state index contributed by atoms with van der Waals surface area (Å²) in [7, 11) is 0. The molecule has 0 N–H and O–H groups in total. The van der Waals surface area contributed by atoms with Crippen LogP contribution < -0.4 is 9.47 Å². The molecule has 0 bridgehead atoms. The molecule has 0 unspecified atom stereocenters. The van der Waals surface area contributed by atoms with Crippen LogP contribution in [0.3, 0.4) is 0 Å². The van der Waals surface area contributed by atoms with Crippen LogP contribution in [-0.2, 0) is 10.8 Å². The minimum absolute atomic E-state index is 0.237. The van der Waals surface area contributed by atoms with Crippen molar-refractivity contribution in [1.29, 1.82) is 0 Å². The highest BCUT2D eigenvalue weighted by Gasteiger charge is 2.38. The average molecular weight is 246 g/mol. The molecular formula is C16H22O2. The third-order valence-electron chi connectivity index (χ3n) is 4.52. The second-order valence-electron chi connectivity index (χ2n) is 6.81. The summed E-state index contributed by atoms with van der Waals surface area (Å²) in [6.07, 6.45) is 2.46. The predicted molar refractivity (Wildman–Crippen MR) is 72.7 cm³/mol. The Balaban J connectivity index is 2.20. The van der Waals surface area contributed by atoms with Crippen LogP contribution in [0.5, 0.6) is 11.5 Å². The standard InChI is InChI=1S/C16H22O2/c1-15(2)5-6-16(3,4)12-10-14-13(9-11(12)15)17-7-8-18-14/h9-10H,5-8H2,1-4H3. The van der Waals surface area contributed by atoms with Crippen LogP contribution in [0.25, 0.3) is 0 Å². The number of benzene rings is 1. The first-order chi connectivity index (χ1) is 8.40. The summed E-state index contributed by atoms with van der Waals surface area (Å²) >= 11 is 0. The van der Waals surface area contributed by atoms with Gasteiger partial charge in [0.05, 0.1) is 0 Å². The molecule has 0 fully saturated rings. The van der Waals surface area contributed by atoms with E-state index in [1.807, 2.05) is 0 Å². The normalized spacial score (nSPS) is 23.3. The lowest BCUT2D eigenvalue weighted by Crippen LogP contribution is -2.34. The highest BCUT2D eigenvalue weighted by atomic mass is 16.6. The largest absolute Gasteiger partial charge is 0.486 e. The molecule has 0 aromatic heterocycles. The van der Waals surface area contributed by atoms with Gasteiger partial charge in [-0.1, -0.05) is 27.7 Å². The van der Waals surface area contributed by atoms with Crippen LogP contribution in [0.4, 0.5) is 0 Å². The maximum absolute atomic E-state index is 5.73. The van der Waals surface area contributed by atoms with Gasteiger partial charge in [-0.05, 0) is 46.9 Å². The Bertz CT molecular complexity index is 441. The van der Waals surface area contributed by atoms with Crippen LogP contribution in [0, 0.1) is 0 Å². The minimum atomic E-state index is 0.237. The molecule has 2 aliphatic rings. The summed E-state index contributed by atoms with van der Waals surface area (Å²) < 4.78 is 11.5. The van der Waals surface area contributed by atoms with Crippen molar-refractivity contribution in [3.05, 3.63) is 23.3 Å². The van der Waals surface area contributed by atoms with E-state index in [1.165, 1.54) is 24.0 Å². The first kappa shape index (κ1) is 11.9. The Labute approximate surface area is 109 Å². The number of ether oxygens (including phenoxy) is 2. The van der Waals surface area contributed by atoms with Gasteiger partial charge in [0, 0.05) is 0 Å². The molecule has 1 aliphatic carbocycles. The SMILES string of the molecule is CC1(C)CCC(C)(C)c2cc3c(cc21)OCCO3. The van der Waals surface area contributed by atoms with Crippen LogP contribution in [0.1, 0.15) is 51.7 Å². The van der Waals surface area contributed by atoms with E-state index < -0.39 is 0 Å². The molecule has 0 radical (unpaired) electrons. The van der Waals surface area contributed by atoms with Gasteiger partial charge in [-0.3, -0.25) is 0 Å². The predicted octanol–water partition coefficient (Wildman–Crippen LogP) is 3.81. The molecule has 1 aromatic rings. The third kappa shape index (κ3) is 1.70. The lowest BCUT2D eigenvalue weighted by Gasteiger charge is -2.42. The molecule has 0 saturated heterocycles. The zero-order valence-corrected chi connectivity index (χ0v) is 11.8. The van der Waals surface area contributed by atoms with Gasteiger partial charge in [0.25, 0.3) is 0 Å². The first-order valence-electron chi connectivity index (χ1n) is 6.85. The Hall–Kier alpha value is -1.18. The Morgan fingerprint density at radius 1 is 0.778 bits per heavy atom. The van der Waals surface area contributed by atoms with Crippen molar-refractivity contribution in [3.8, 4) is 11.5 Å². The summed E-state index contributed by atoms with van der Waals surface area (Å²) in [5.74, 6) is 1.84. The Morgan fingerprint density at radius 2 is 1.17 bits per heavy atom. The topological polar surface area (TPSA) is 18.5 Å². The fourth-order valence-corrected chi connectivity index (χ4v) is 3.10. The number of rotatable bonds is 0. The van der Waals surface area contributed by atoms with E-state index in [4.69, 9.17) is 9.47 Å². The van der Waals surface area contributed by atoms with E-state index in [0.717, 1.165) is 11.5 Å². The minimum Gasteiger partial charge on any atom is -0.486 e. The molecule has 3 rings (SSSR count). The zero-order chi connectivity index (χ0) is 13.0. The van der Waals surface area contributed by atoms with Crippen molar-refractivity contribution in [2.75, 3.05) is 13.2 Å². The van der Waals surface area contributed by atoms with Crippen molar-refractivity contribution in [2.45, 2.75) is 51.4 Å². The summed E-state index contributed by atoms with van der Waals surface area (Å²) in [6.45, 7) is 10.6. The zero-order valence-electron chi connectivity index (χ0n) is 11.8. The molecule has 0 spiro atoms. The molecule has 1 heterocycles. The van der Waals surface area contributed by atoms with Crippen molar-refractivity contribution >= 4 is 0 Å². The monoisotopic (exact) mass is 246 g/mol. The van der Waals surface area contributed by atoms with Crippen molar-refractivity contribution in [3.63, 3.8) is 0 Å². The van der Waals surface area contributed by atoms with Crippen LogP contribution in [0.2, 0.25) is 0 Å². The molecule has 2 heteroatoms. The quantitative estimate of drug-likeness (QED) is 0.693. The van der Waals surface area contributed by atoms with Crippen LogP contribution in [-0.4, -0.2) is 13.2 Å². The van der Waals surface area contributed by atoms with Gasteiger partial charge in [-0.25, -0.2) is 0 Å². The van der Waals surface area contributed by atoms with Gasteiger partial charge in [0.2, 0.25) is 0 Å². The Morgan fingerprint density at radius 3 is 1.56 bits per heavy atom. The van der Waals surface area contributed by atoms with Crippen molar-refractivity contribution in [1.82, 2.24) is 0 Å². The molecule has 1 aromatic carbocycles. The van der Waals surface area contributed by atoms with Crippen molar-refractivity contribution in [2.24, 2.45) is 0 Å². The van der Waals surface area contributed by atoms with Crippen LogP contribution in [0.15, 0.2) is 12.1 Å². The third-order valence-corrected chi connectivity index (χ3v) is 4.52. The molecule has 0 atom stereocenters. The number of hydrogen-bond acceptors (Lipinski definition) is 2. The highest BCUT2D eigenvalue weighted by molar-refractivity contribution is 5.53. The second kappa shape index (κ2) is 3.66. The van der Waals surface area contributed by atoms with Gasteiger partial charge < -0.3 is 9.47 Å². The first-order valence-corrected chi connectivity index (χ1v) is 6.85. The Kier molecular flexibility index (Phi) is 2.42. The van der Waals surface area contributed by atoms with Crippen molar-refractivity contribution < 1.29 is 9.47 Å². The van der Waals surface area contributed by atoms with Gasteiger partial charge in [0.15, 0.2) is 11.5 Å². The number of hydrogen-bond donors (Lipinski definition) is 0. The second-order valence-corrected chi connectivity index (χ2v) is 6.81. The van der Waals surface area contributed by atoms with E-state index in [0.29, 0.717) is 13.2 Å². The van der Waals surface area contributed by atoms with E-state index in [2.05, 4.69) is 39.8 Å². The molecule has 0 saturated carbocycles. The summed E-state index contributed by atoms with van der Waals surface area (Å²) in [5.41, 5.74) is 3.34. The summed E-state index contributed by atoms with van der Waals surface area (Å²) in [5, 5.41) is 0. The highest BCUT2D eigenvalue weighted by Crippen LogP contribution is 2.49. The molecule has 18 heavy (non-hydrogen) atoms. The average Bonchev–Trinajstić information content (AvgIpc) is 2.34. The summed E-state index contributed by atoms with van der Waals surface area (Å²) in [4.78, 5) is 0. The van der Waals surface area contributed by atoms with E-state index >= 15 is 0 Å². The van der Waals surface area contributed by atoms with Gasteiger partial charge in [0.1, 0.15) is 13.2 Å². The number of fused-ring (bicyclic) bond motifs is 2. The van der Waals surface area contributed by atoms with E-state index in [1.54, 1.807) is 0 Å². The molecule has 2 nitrogen and oxygen atoms in total. The molecule has 0 amide bonds. The van der Waals surface area contributed by atoms with E-state index in [9.17, 15) is 0 Å².